The maximum Gasteiger partial charge on any atom is 0.234 e. The largest absolute Gasteiger partial charge is 0.494 e. The lowest BCUT2D eigenvalue weighted by Crippen LogP contribution is -2.14. The first kappa shape index (κ1) is 14.8. The first-order valence-corrected chi connectivity index (χ1v) is 8.32. The molecule has 0 bridgehead atoms. The normalized spacial score (nSPS) is 10.6. The second-order valence-corrected chi connectivity index (χ2v) is 6.61. The van der Waals surface area contributed by atoms with E-state index in [9.17, 15) is 4.79 Å². The predicted octanol–water partition coefficient (Wildman–Crippen LogP) is 3.43. The van der Waals surface area contributed by atoms with Gasteiger partial charge >= 0.3 is 0 Å². The molecule has 0 saturated carbocycles. The number of rotatable bonds is 5. The van der Waals surface area contributed by atoms with Crippen LogP contribution in [0.3, 0.4) is 0 Å². The van der Waals surface area contributed by atoms with Crippen molar-refractivity contribution in [1.29, 1.82) is 0 Å². The SMILES string of the molecule is COc1ccncc1NC(=O)CSc1nc2ccccc2s1. The number of hydrogen-bond donors (Lipinski definition) is 1. The average Bonchev–Trinajstić information content (AvgIpc) is 2.96. The third kappa shape index (κ3) is 3.37. The van der Waals surface area contributed by atoms with E-state index in [1.165, 1.54) is 11.8 Å². The number of aromatic nitrogens is 2. The molecule has 1 amide bonds. The van der Waals surface area contributed by atoms with Crippen molar-refractivity contribution in [2.45, 2.75) is 4.34 Å². The van der Waals surface area contributed by atoms with Crippen LogP contribution in [0.4, 0.5) is 5.69 Å². The fourth-order valence-corrected chi connectivity index (χ4v) is 3.75. The van der Waals surface area contributed by atoms with E-state index in [1.54, 1.807) is 36.9 Å². The molecule has 0 fully saturated rings. The first-order chi connectivity index (χ1) is 10.8. The summed E-state index contributed by atoms with van der Waals surface area (Å²) < 4.78 is 7.19. The van der Waals surface area contributed by atoms with E-state index in [0.717, 1.165) is 14.6 Å². The third-order valence-corrected chi connectivity index (χ3v) is 5.06. The van der Waals surface area contributed by atoms with Gasteiger partial charge in [-0.05, 0) is 12.1 Å². The Morgan fingerprint density at radius 2 is 2.23 bits per heavy atom. The summed E-state index contributed by atoms with van der Waals surface area (Å²) in [6.45, 7) is 0. The first-order valence-electron chi connectivity index (χ1n) is 6.52. The molecule has 1 aromatic carbocycles. The van der Waals surface area contributed by atoms with Gasteiger partial charge in [0.2, 0.25) is 5.91 Å². The summed E-state index contributed by atoms with van der Waals surface area (Å²) in [5, 5.41) is 2.80. The fraction of sp³-hybridized carbons (Fsp3) is 0.133. The molecule has 112 valence electrons. The molecule has 22 heavy (non-hydrogen) atoms. The third-order valence-electron chi connectivity index (χ3n) is 2.88. The van der Waals surface area contributed by atoms with Crippen molar-refractivity contribution in [3.8, 4) is 5.75 Å². The molecule has 7 heteroatoms. The molecule has 3 aromatic rings. The van der Waals surface area contributed by atoms with Crippen molar-refractivity contribution in [3.05, 3.63) is 42.7 Å². The summed E-state index contributed by atoms with van der Waals surface area (Å²) in [7, 11) is 1.56. The van der Waals surface area contributed by atoms with E-state index >= 15 is 0 Å². The van der Waals surface area contributed by atoms with Crippen molar-refractivity contribution in [2.75, 3.05) is 18.2 Å². The van der Waals surface area contributed by atoms with E-state index in [1.807, 2.05) is 24.3 Å². The fourth-order valence-electron chi connectivity index (χ4n) is 1.88. The van der Waals surface area contributed by atoms with E-state index in [4.69, 9.17) is 4.74 Å². The molecule has 2 heterocycles. The lowest BCUT2D eigenvalue weighted by molar-refractivity contribution is -0.113. The molecule has 0 radical (unpaired) electrons. The number of ether oxygens (including phenoxy) is 1. The maximum absolute atomic E-state index is 12.0. The second kappa shape index (κ2) is 6.76. The van der Waals surface area contributed by atoms with Gasteiger partial charge in [0.25, 0.3) is 0 Å². The van der Waals surface area contributed by atoms with Crippen LogP contribution in [0, 0.1) is 0 Å². The van der Waals surface area contributed by atoms with E-state index in [-0.39, 0.29) is 11.7 Å². The monoisotopic (exact) mass is 331 g/mol. The topological polar surface area (TPSA) is 64.1 Å². The lowest BCUT2D eigenvalue weighted by Gasteiger charge is -2.08. The van der Waals surface area contributed by atoms with Crippen molar-refractivity contribution in [2.24, 2.45) is 0 Å². The van der Waals surface area contributed by atoms with E-state index in [0.29, 0.717) is 11.4 Å². The van der Waals surface area contributed by atoms with Crippen LogP contribution in [0.15, 0.2) is 47.1 Å². The molecule has 0 aliphatic heterocycles. The van der Waals surface area contributed by atoms with Crippen LogP contribution in [0.25, 0.3) is 10.2 Å². The van der Waals surface area contributed by atoms with Gasteiger partial charge in [-0.3, -0.25) is 9.78 Å². The van der Waals surface area contributed by atoms with Gasteiger partial charge in [-0.2, -0.15) is 0 Å². The number of pyridine rings is 1. The van der Waals surface area contributed by atoms with Gasteiger partial charge < -0.3 is 10.1 Å². The van der Waals surface area contributed by atoms with E-state index < -0.39 is 0 Å². The quantitative estimate of drug-likeness (QED) is 0.726. The number of amides is 1. The minimum Gasteiger partial charge on any atom is -0.494 e. The van der Waals surface area contributed by atoms with Crippen LogP contribution in [0.1, 0.15) is 0 Å². The van der Waals surface area contributed by atoms with Gasteiger partial charge in [-0.15, -0.1) is 11.3 Å². The Morgan fingerprint density at radius 3 is 3.05 bits per heavy atom. The molecule has 0 spiro atoms. The number of fused-ring (bicyclic) bond motifs is 1. The van der Waals surface area contributed by atoms with Gasteiger partial charge in [0.1, 0.15) is 11.4 Å². The minimum atomic E-state index is -0.115. The summed E-state index contributed by atoms with van der Waals surface area (Å²) in [4.78, 5) is 20.5. The standard InChI is InChI=1S/C15H13N3O2S2/c1-20-12-6-7-16-8-11(12)17-14(19)9-21-15-18-10-4-2-3-5-13(10)22-15/h2-8H,9H2,1H3,(H,17,19). The van der Waals surface area contributed by atoms with Gasteiger partial charge in [0, 0.05) is 12.3 Å². The highest BCUT2D eigenvalue weighted by Crippen LogP contribution is 2.29. The molecular weight excluding hydrogens is 318 g/mol. The van der Waals surface area contributed by atoms with Gasteiger partial charge in [0.15, 0.2) is 4.34 Å². The maximum atomic E-state index is 12.0. The summed E-state index contributed by atoms with van der Waals surface area (Å²) >= 11 is 3.01. The number of thioether (sulfide) groups is 1. The molecule has 0 atom stereocenters. The van der Waals surface area contributed by atoms with Crippen molar-refractivity contribution in [3.63, 3.8) is 0 Å². The molecule has 1 N–H and O–H groups in total. The summed E-state index contributed by atoms with van der Waals surface area (Å²) in [5.41, 5.74) is 1.53. The van der Waals surface area contributed by atoms with Crippen LogP contribution in [0.2, 0.25) is 0 Å². The number of carbonyl (C=O) groups excluding carboxylic acids is 1. The van der Waals surface area contributed by atoms with Crippen molar-refractivity contribution < 1.29 is 9.53 Å². The zero-order valence-corrected chi connectivity index (χ0v) is 13.4. The van der Waals surface area contributed by atoms with Gasteiger partial charge in [-0.1, -0.05) is 23.9 Å². The highest BCUT2D eigenvalue weighted by Gasteiger charge is 2.10. The molecule has 3 rings (SSSR count). The Hall–Kier alpha value is -2.12. The predicted molar refractivity (Wildman–Crippen MR) is 89.8 cm³/mol. The number of anilines is 1. The molecule has 0 saturated heterocycles. The number of para-hydroxylation sites is 1. The number of nitrogens with one attached hydrogen (secondary N) is 1. The Bertz CT molecular complexity index is 771. The van der Waals surface area contributed by atoms with Crippen LogP contribution < -0.4 is 10.1 Å². The van der Waals surface area contributed by atoms with Crippen molar-refractivity contribution in [1.82, 2.24) is 9.97 Å². The zero-order chi connectivity index (χ0) is 15.4. The Morgan fingerprint density at radius 1 is 1.36 bits per heavy atom. The molecular formula is C15H13N3O2S2. The number of thiazole rings is 1. The number of benzene rings is 1. The smallest absolute Gasteiger partial charge is 0.234 e. The van der Waals surface area contributed by atoms with Crippen LogP contribution in [-0.4, -0.2) is 28.7 Å². The highest BCUT2D eigenvalue weighted by atomic mass is 32.2. The number of hydrogen-bond acceptors (Lipinski definition) is 6. The zero-order valence-electron chi connectivity index (χ0n) is 11.8. The van der Waals surface area contributed by atoms with Gasteiger partial charge in [-0.25, -0.2) is 4.98 Å². The lowest BCUT2D eigenvalue weighted by atomic mass is 10.3. The Labute approximate surface area is 135 Å². The molecule has 2 aromatic heterocycles. The number of methoxy groups -OCH3 is 1. The minimum absolute atomic E-state index is 0.115. The van der Waals surface area contributed by atoms with Crippen LogP contribution >= 0.6 is 23.1 Å². The van der Waals surface area contributed by atoms with Gasteiger partial charge in [0.05, 0.1) is 29.3 Å². The molecule has 0 unspecified atom stereocenters. The van der Waals surface area contributed by atoms with Crippen LogP contribution in [-0.2, 0) is 4.79 Å². The number of carbonyl (C=O) groups is 1. The summed E-state index contributed by atoms with van der Waals surface area (Å²) in [6.07, 6.45) is 3.18. The Balaban J connectivity index is 1.62. The summed E-state index contributed by atoms with van der Waals surface area (Å²) in [6, 6.07) is 9.64. The average molecular weight is 331 g/mol. The summed E-state index contributed by atoms with van der Waals surface area (Å²) in [5.74, 6) is 0.765. The highest BCUT2D eigenvalue weighted by molar-refractivity contribution is 8.01. The number of nitrogens with zero attached hydrogens (tertiary/aromatic N) is 2. The van der Waals surface area contributed by atoms with Crippen molar-refractivity contribution >= 4 is 44.9 Å². The Kier molecular flexibility index (Phi) is 4.55. The second-order valence-electron chi connectivity index (χ2n) is 4.36. The molecule has 5 nitrogen and oxygen atoms in total. The molecule has 0 aliphatic carbocycles. The molecule has 0 aliphatic rings. The van der Waals surface area contributed by atoms with Crippen LogP contribution in [0.5, 0.6) is 5.75 Å². The van der Waals surface area contributed by atoms with E-state index in [2.05, 4.69) is 15.3 Å².